The van der Waals surface area contributed by atoms with Crippen molar-refractivity contribution in [2.24, 2.45) is 0 Å². The molecule has 5 nitrogen and oxygen atoms in total. The van der Waals surface area contributed by atoms with Crippen molar-refractivity contribution in [2.75, 3.05) is 18.0 Å². The van der Waals surface area contributed by atoms with Gasteiger partial charge < -0.3 is 16.8 Å². The van der Waals surface area contributed by atoms with Gasteiger partial charge in [0, 0.05) is 0 Å². The van der Waals surface area contributed by atoms with Gasteiger partial charge in [-0.25, -0.2) is 8.42 Å². The summed E-state index contributed by atoms with van der Waals surface area (Å²) in [6.45, 7) is 0.728. The van der Waals surface area contributed by atoms with E-state index in [1.165, 1.54) is 6.07 Å². The minimum absolute atomic E-state index is 0.136. The Labute approximate surface area is 101 Å². The van der Waals surface area contributed by atoms with Gasteiger partial charge in [-0.15, -0.1) is 0 Å². The highest BCUT2D eigenvalue weighted by atomic mass is 32.2. The second-order valence-corrected chi connectivity index (χ2v) is 6.34. The third-order valence-corrected chi connectivity index (χ3v) is 5.17. The minimum Gasteiger partial charge on any atom is -0.397 e. The van der Waals surface area contributed by atoms with E-state index >= 15 is 0 Å². The summed E-state index contributed by atoms with van der Waals surface area (Å²) in [5.41, 5.74) is 11.8. The summed E-state index contributed by atoms with van der Waals surface area (Å²) >= 11 is 0. The van der Waals surface area contributed by atoms with Gasteiger partial charge >= 0.3 is 0 Å². The number of hydrogen-bond donors (Lipinski definition) is 3. The highest BCUT2D eigenvalue weighted by molar-refractivity contribution is 7.92. The monoisotopic (exact) mass is 255 g/mol. The van der Waals surface area contributed by atoms with Crippen LogP contribution < -0.4 is 16.8 Å². The molecule has 17 heavy (non-hydrogen) atoms. The van der Waals surface area contributed by atoms with Crippen LogP contribution in [0.3, 0.4) is 0 Å². The average molecular weight is 255 g/mol. The van der Waals surface area contributed by atoms with Crippen molar-refractivity contribution in [2.45, 2.75) is 29.5 Å². The summed E-state index contributed by atoms with van der Waals surface area (Å²) in [5, 5.41) is 2.48. The summed E-state index contributed by atoms with van der Waals surface area (Å²) in [5.74, 6) is 0. The number of nitrogen functional groups attached to an aromatic ring is 2. The molecule has 0 radical (unpaired) electrons. The van der Waals surface area contributed by atoms with Gasteiger partial charge in [0.05, 0.1) is 16.3 Å². The zero-order chi connectivity index (χ0) is 12.5. The number of sulfone groups is 1. The fourth-order valence-electron chi connectivity index (χ4n) is 2.05. The molecule has 0 saturated carbocycles. The van der Waals surface area contributed by atoms with Gasteiger partial charge in [0.25, 0.3) is 0 Å². The highest BCUT2D eigenvalue weighted by Gasteiger charge is 2.30. The van der Waals surface area contributed by atoms with Gasteiger partial charge in [0.1, 0.15) is 5.37 Å². The Kier molecular flexibility index (Phi) is 3.26. The average Bonchev–Trinajstić information content (AvgIpc) is 2.33. The van der Waals surface area contributed by atoms with Crippen LogP contribution in [0.15, 0.2) is 23.1 Å². The molecule has 1 aliphatic heterocycles. The van der Waals surface area contributed by atoms with Crippen molar-refractivity contribution < 1.29 is 8.42 Å². The summed E-state index contributed by atoms with van der Waals surface area (Å²) in [6, 6.07) is 4.72. The molecule has 1 heterocycles. The molecule has 1 fully saturated rings. The first kappa shape index (κ1) is 12.2. The molecular weight excluding hydrogens is 238 g/mol. The van der Waals surface area contributed by atoms with E-state index in [0.29, 0.717) is 12.1 Å². The second-order valence-electron chi connectivity index (χ2n) is 4.24. The van der Waals surface area contributed by atoms with Crippen molar-refractivity contribution in [1.82, 2.24) is 5.32 Å². The van der Waals surface area contributed by atoms with Gasteiger partial charge in [0.15, 0.2) is 9.84 Å². The number of benzene rings is 1. The maximum absolute atomic E-state index is 12.4. The maximum atomic E-state index is 12.4. The molecular formula is C11H17N3O2S. The lowest BCUT2D eigenvalue weighted by Gasteiger charge is -2.24. The summed E-state index contributed by atoms with van der Waals surface area (Å²) < 4.78 is 24.7. The molecule has 1 atom stereocenters. The Bertz CT molecular complexity index is 507. The Morgan fingerprint density at radius 2 is 2.00 bits per heavy atom. The van der Waals surface area contributed by atoms with Crippen LogP contribution in [0.2, 0.25) is 0 Å². The minimum atomic E-state index is -3.43. The second kappa shape index (κ2) is 4.54. The van der Waals surface area contributed by atoms with Crippen molar-refractivity contribution >= 4 is 21.2 Å². The van der Waals surface area contributed by atoms with Gasteiger partial charge in [-0.3, -0.25) is 0 Å². The number of rotatable bonds is 2. The molecule has 1 aliphatic rings. The molecule has 0 aromatic heterocycles. The molecule has 1 saturated heterocycles. The summed E-state index contributed by atoms with van der Waals surface area (Å²) in [4.78, 5) is 0.136. The predicted molar refractivity (Wildman–Crippen MR) is 68.1 cm³/mol. The molecule has 5 N–H and O–H groups in total. The molecule has 0 bridgehead atoms. The number of nitrogens with two attached hydrogens (primary N) is 2. The molecule has 1 aromatic carbocycles. The lowest BCUT2D eigenvalue weighted by atomic mass is 10.2. The fourth-order valence-corrected chi connectivity index (χ4v) is 3.86. The van der Waals surface area contributed by atoms with Crippen LogP contribution >= 0.6 is 0 Å². The van der Waals surface area contributed by atoms with Gasteiger partial charge in [0.2, 0.25) is 0 Å². The first-order chi connectivity index (χ1) is 8.03. The summed E-state index contributed by atoms with van der Waals surface area (Å²) in [7, 11) is -3.43. The fraction of sp³-hybridized carbons (Fsp3) is 0.455. The molecule has 0 amide bonds. The van der Waals surface area contributed by atoms with Crippen molar-refractivity contribution in [1.29, 1.82) is 0 Å². The molecule has 94 valence electrons. The van der Waals surface area contributed by atoms with Crippen molar-refractivity contribution in [3.05, 3.63) is 18.2 Å². The van der Waals surface area contributed by atoms with Crippen LogP contribution in [0.4, 0.5) is 11.4 Å². The largest absolute Gasteiger partial charge is 0.397 e. The standard InChI is InChI=1S/C11H17N3O2S/c12-8-4-3-5-9(11(8)13)17(15,16)10-6-1-2-7-14-10/h3-5,10,14H,1-2,6-7,12-13H2. The van der Waals surface area contributed by atoms with Gasteiger partial charge in [-0.2, -0.15) is 0 Å². The lowest BCUT2D eigenvalue weighted by Crippen LogP contribution is -2.40. The van der Waals surface area contributed by atoms with E-state index < -0.39 is 15.2 Å². The van der Waals surface area contributed by atoms with Crippen LogP contribution in [0, 0.1) is 0 Å². The van der Waals surface area contributed by atoms with E-state index in [4.69, 9.17) is 11.5 Å². The van der Waals surface area contributed by atoms with E-state index in [-0.39, 0.29) is 10.6 Å². The quantitative estimate of drug-likeness (QED) is 0.676. The van der Waals surface area contributed by atoms with E-state index in [9.17, 15) is 8.42 Å². The number of hydrogen-bond acceptors (Lipinski definition) is 5. The van der Waals surface area contributed by atoms with Crippen molar-refractivity contribution in [3.63, 3.8) is 0 Å². The number of para-hydroxylation sites is 1. The summed E-state index contributed by atoms with van der Waals surface area (Å²) in [6.07, 6.45) is 2.55. The Hall–Kier alpha value is -1.27. The Balaban J connectivity index is 2.40. The highest BCUT2D eigenvalue weighted by Crippen LogP contribution is 2.28. The number of anilines is 2. The topological polar surface area (TPSA) is 98.2 Å². The van der Waals surface area contributed by atoms with E-state index in [1.807, 2.05) is 0 Å². The molecule has 0 aliphatic carbocycles. The predicted octanol–water partition coefficient (Wildman–Crippen LogP) is 0.724. The van der Waals surface area contributed by atoms with Gasteiger partial charge in [-0.1, -0.05) is 6.07 Å². The smallest absolute Gasteiger partial charge is 0.196 e. The lowest BCUT2D eigenvalue weighted by molar-refractivity contribution is 0.461. The van der Waals surface area contributed by atoms with E-state index in [1.54, 1.807) is 12.1 Å². The van der Waals surface area contributed by atoms with E-state index in [2.05, 4.69) is 5.32 Å². The third kappa shape index (κ3) is 2.23. The maximum Gasteiger partial charge on any atom is 0.196 e. The Morgan fingerprint density at radius 3 is 2.65 bits per heavy atom. The first-order valence-electron chi connectivity index (χ1n) is 5.65. The Morgan fingerprint density at radius 1 is 1.24 bits per heavy atom. The third-order valence-electron chi connectivity index (χ3n) is 3.05. The number of piperidine rings is 1. The van der Waals surface area contributed by atoms with Crippen LogP contribution in [0.25, 0.3) is 0 Å². The van der Waals surface area contributed by atoms with Crippen LogP contribution in [0.1, 0.15) is 19.3 Å². The molecule has 0 spiro atoms. The van der Waals surface area contributed by atoms with Crippen molar-refractivity contribution in [3.8, 4) is 0 Å². The number of nitrogens with one attached hydrogen (secondary N) is 1. The van der Waals surface area contributed by atoms with Crippen LogP contribution in [-0.2, 0) is 9.84 Å². The first-order valence-corrected chi connectivity index (χ1v) is 7.19. The molecule has 1 aromatic rings. The van der Waals surface area contributed by atoms with Crippen LogP contribution in [-0.4, -0.2) is 20.3 Å². The SMILES string of the molecule is Nc1cccc(S(=O)(=O)C2CCCCN2)c1N. The zero-order valence-corrected chi connectivity index (χ0v) is 10.3. The zero-order valence-electron chi connectivity index (χ0n) is 9.52. The molecule has 1 unspecified atom stereocenters. The molecule has 6 heteroatoms. The van der Waals surface area contributed by atoms with E-state index in [0.717, 1.165) is 19.4 Å². The van der Waals surface area contributed by atoms with Crippen LogP contribution in [0.5, 0.6) is 0 Å². The van der Waals surface area contributed by atoms with Gasteiger partial charge in [-0.05, 0) is 37.9 Å². The normalized spacial score (nSPS) is 21.3. The molecule has 2 rings (SSSR count).